The van der Waals surface area contributed by atoms with Gasteiger partial charge in [-0.05, 0) is 12.8 Å². The molecule has 0 saturated carbocycles. The zero-order valence-electron chi connectivity index (χ0n) is 24.0. The van der Waals surface area contributed by atoms with Gasteiger partial charge in [0, 0.05) is 13.2 Å². The van der Waals surface area contributed by atoms with E-state index in [0.717, 1.165) is 13.2 Å². The Labute approximate surface area is 223 Å². The molecule has 0 saturated heterocycles. The summed E-state index contributed by atoms with van der Waals surface area (Å²) >= 11 is 0. The van der Waals surface area contributed by atoms with Crippen LogP contribution in [-0.2, 0) is 4.74 Å². The zero-order valence-corrected chi connectivity index (χ0v) is 24.8. The maximum Gasteiger partial charge on any atom is 0.0466 e. The summed E-state index contributed by atoms with van der Waals surface area (Å²) in [6, 6.07) is 0. The highest BCUT2D eigenvalue weighted by Crippen LogP contribution is 2.14. The molecule has 1 nitrogen and oxygen atoms in total. The highest BCUT2D eigenvalue weighted by atomic mass is 35.5. The van der Waals surface area contributed by atoms with Gasteiger partial charge in [0.1, 0.15) is 0 Å². The Kier molecular flexibility index (Phi) is 37.9. The molecule has 0 aliphatic carbocycles. The highest BCUT2D eigenvalue weighted by molar-refractivity contribution is 5.85. The van der Waals surface area contributed by atoms with Crippen LogP contribution in [0, 0.1) is 0 Å². The van der Waals surface area contributed by atoms with Gasteiger partial charge in [-0.2, -0.15) is 0 Å². The van der Waals surface area contributed by atoms with E-state index in [1.54, 1.807) is 0 Å². The van der Waals surface area contributed by atoms with Crippen molar-refractivity contribution in [3.05, 3.63) is 0 Å². The maximum absolute atomic E-state index is 5.85. The van der Waals surface area contributed by atoms with E-state index in [-0.39, 0.29) is 12.4 Å². The number of unbranched alkanes of at least 4 members (excludes halogenated alkanes) is 26. The maximum atomic E-state index is 5.85. The Morgan fingerprint density at radius 2 is 0.441 bits per heavy atom. The van der Waals surface area contributed by atoms with Crippen molar-refractivity contribution in [2.24, 2.45) is 0 Å². The van der Waals surface area contributed by atoms with Crippen LogP contribution in [0.2, 0.25) is 0 Å². The van der Waals surface area contributed by atoms with Crippen molar-refractivity contribution in [3.63, 3.8) is 0 Å². The number of rotatable bonds is 30. The molecule has 0 heterocycles. The van der Waals surface area contributed by atoms with Crippen LogP contribution in [0.25, 0.3) is 0 Å². The van der Waals surface area contributed by atoms with Crippen LogP contribution < -0.4 is 0 Å². The highest BCUT2D eigenvalue weighted by Gasteiger charge is 1.96. The Morgan fingerprint density at radius 1 is 0.265 bits per heavy atom. The molecule has 0 N–H and O–H groups in total. The minimum atomic E-state index is 0. The summed E-state index contributed by atoms with van der Waals surface area (Å²) in [6.07, 6.45) is 40.1. The molecule has 0 rings (SSSR count). The molecule has 0 aliphatic rings. The van der Waals surface area contributed by atoms with E-state index < -0.39 is 0 Å². The van der Waals surface area contributed by atoms with Gasteiger partial charge in [-0.3, -0.25) is 0 Å². The van der Waals surface area contributed by atoms with E-state index in [0.29, 0.717) is 0 Å². The first-order valence-corrected chi connectivity index (χ1v) is 16.0. The molecule has 0 atom stereocenters. The van der Waals surface area contributed by atoms with Gasteiger partial charge in [0.05, 0.1) is 0 Å². The monoisotopic (exact) mass is 502 g/mol. The third kappa shape index (κ3) is 34.4. The van der Waals surface area contributed by atoms with Crippen molar-refractivity contribution >= 4 is 12.4 Å². The van der Waals surface area contributed by atoms with E-state index in [1.165, 1.54) is 180 Å². The molecule has 208 valence electrons. The van der Waals surface area contributed by atoms with Gasteiger partial charge in [0.25, 0.3) is 0 Å². The van der Waals surface area contributed by atoms with Crippen LogP contribution in [0.1, 0.15) is 194 Å². The van der Waals surface area contributed by atoms with Crippen molar-refractivity contribution in [2.45, 2.75) is 194 Å². The summed E-state index contributed by atoms with van der Waals surface area (Å²) < 4.78 is 5.85. The second-order valence-corrected chi connectivity index (χ2v) is 10.8. The van der Waals surface area contributed by atoms with E-state index in [9.17, 15) is 0 Å². The average Bonchev–Trinajstić information content (AvgIpc) is 2.83. The molecule has 0 aromatic rings. The lowest BCUT2D eigenvalue weighted by Gasteiger charge is -2.05. The van der Waals surface area contributed by atoms with Crippen molar-refractivity contribution in [2.75, 3.05) is 13.2 Å². The lowest BCUT2D eigenvalue weighted by molar-refractivity contribution is 0.125. The molecule has 0 bridgehead atoms. The first-order chi connectivity index (χ1) is 16.4. The van der Waals surface area contributed by atoms with Crippen molar-refractivity contribution in [3.8, 4) is 0 Å². The predicted octanol–water partition coefficient (Wildman–Crippen LogP) is 12.4. The molecule has 0 fully saturated rings. The van der Waals surface area contributed by atoms with Crippen LogP contribution in [0.3, 0.4) is 0 Å². The minimum Gasteiger partial charge on any atom is -0.381 e. The van der Waals surface area contributed by atoms with Crippen molar-refractivity contribution in [1.29, 1.82) is 0 Å². The second kappa shape index (κ2) is 35.4. The fourth-order valence-electron chi connectivity index (χ4n) is 4.90. The molecule has 0 spiro atoms. The third-order valence-electron chi connectivity index (χ3n) is 7.28. The van der Waals surface area contributed by atoms with E-state index in [4.69, 9.17) is 4.74 Å². The fourth-order valence-corrected chi connectivity index (χ4v) is 4.90. The smallest absolute Gasteiger partial charge is 0.0466 e. The first-order valence-electron chi connectivity index (χ1n) is 16.0. The normalized spacial score (nSPS) is 11.1. The van der Waals surface area contributed by atoms with E-state index in [1.807, 2.05) is 0 Å². The van der Waals surface area contributed by atoms with Gasteiger partial charge in [-0.15, -0.1) is 12.4 Å². The molecule has 2 heteroatoms. The molecule has 34 heavy (non-hydrogen) atoms. The molecule has 0 amide bonds. The van der Waals surface area contributed by atoms with Gasteiger partial charge < -0.3 is 4.74 Å². The molecular weight excluding hydrogens is 436 g/mol. The number of hydrogen-bond donors (Lipinski definition) is 0. The summed E-state index contributed by atoms with van der Waals surface area (Å²) in [7, 11) is 0. The minimum absolute atomic E-state index is 0. The summed E-state index contributed by atoms with van der Waals surface area (Å²) in [6.45, 7) is 6.59. The van der Waals surface area contributed by atoms with Crippen LogP contribution in [0.4, 0.5) is 0 Å². The summed E-state index contributed by atoms with van der Waals surface area (Å²) in [4.78, 5) is 0. The average molecular weight is 503 g/mol. The van der Waals surface area contributed by atoms with E-state index >= 15 is 0 Å². The lowest BCUT2D eigenvalue weighted by Crippen LogP contribution is -1.97. The topological polar surface area (TPSA) is 9.23 Å². The van der Waals surface area contributed by atoms with Crippen LogP contribution in [0.5, 0.6) is 0 Å². The van der Waals surface area contributed by atoms with Gasteiger partial charge in [0.2, 0.25) is 0 Å². The zero-order chi connectivity index (χ0) is 23.9. The van der Waals surface area contributed by atoms with Crippen LogP contribution in [0.15, 0.2) is 0 Å². The standard InChI is InChI=1S/C32H66O.ClH/c1-3-5-7-9-11-13-15-17-19-21-23-25-27-29-31-33-32-30-28-26-24-22-20-18-16-14-12-10-8-6-4-2;/h3-32H2,1-2H3;1H. The number of ether oxygens (including phenoxy) is 1. The molecule has 0 unspecified atom stereocenters. The summed E-state index contributed by atoms with van der Waals surface area (Å²) in [5, 5.41) is 0. The summed E-state index contributed by atoms with van der Waals surface area (Å²) in [5.74, 6) is 0. The van der Waals surface area contributed by atoms with Crippen LogP contribution in [-0.4, -0.2) is 13.2 Å². The van der Waals surface area contributed by atoms with Gasteiger partial charge in [0.15, 0.2) is 0 Å². The third-order valence-corrected chi connectivity index (χ3v) is 7.28. The van der Waals surface area contributed by atoms with Gasteiger partial charge in [-0.25, -0.2) is 0 Å². The molecule has 0 aromatic heterocycles. The predicted molar refractivity (Wildman–Crippen MR) is 159 cm³/mol. The van der Waals surface area contributed by atoms with Gasteiger partial charge >= 0.3 is 0 Å². The number of halogens is 1. The molecule has 0 aliphatic heterocycles. The lowest BCUT2D eigenvalue weighted by atomic mass is 10.0. The Bertz CT molecular complexity index is 290. The molecule has 0 aromatic carbocycles. The molecule has 0 radical (unpaired) electrons. The van der Waals surface area contributed by atoms with E-state index in [2.05, 4.69) is 13.8 Å². The van der Waals surface area contributed by atoms with Crippen molar-refractivity contribution in [1.82, 2.24) is 0 Å². The Hall–Kier alpha value is 0.250. The summed E-state index contributed by atoms with van der Waals surface area (Å²) in [5.41, 5.74) is 0. The number of hydrogen-bond acceptors (Lipinski definition) is 1. The Morgan fingerprint density at radius 3 is 0.647 bits per heavy atom. The van der Waals surface area contributed by atoms with Crippen LogP contribution >= 0.6 is 12.4 Å². The largest absolute Gasteiger partial charge is 0.381 e. The fraction of sp³-hybridized carbons (Fsp3) is 1.00. The van der Waals surface area contributed by atoms with Gasteiger partial charge in [-0.1, -0.05) is 181 Å². The SMILES string of the molecule is CCCCCCCCCCCCCCCCOCCCCCCCCCCCCCCCC.Cl. The second-order valence-electron chi connectivity index (χ2n) is 10.8. The quantitative estimate of drug-likeness (QED) is 0.0886. The molecular formula is C32H67ClO. The Balaban J connectivity index is 0. The first kappa shape index (κ1) is 36.4. The van der Waals surface area contributed by atoms with Crippen molar-refractivity contribution < 1.29 is 4.74 Å².